The van der Waals surface area contributed by atoms with E-state index in [1.54, 1.807) is 6.07 Å². The lowest BCUT2D eigenvalue weighted by Crippen LogP contribution is -2.47. The van der Waals surface area contributed by atoms with Gasteiger partial charge in [0.05, 0.1) is 5.60 Å². The molecular formula is C13H20N2O3. The summed E-state index contributed by atoms with van der Waals surface area (Å²) in [5.41, 5.74) is -0.618. The van der Waals surface area contributed by atoms with Gasteiger partial charge < -0.3 is 14.9 Å². The van der Waals surface area contributed by atoms with Crippen LogP contribution in [0.1, 0.15) is 56.3 Å². The molecule has 1 aromatic heterocycles. The molecule has 100 valence electrons. The number of nitrogens with one attached hydrogen (secondary N) is 1. The molecule has 1 aliphatic rings. The van der Waals surface area contributed by atoms with Crippen LogP contribution in [0.15, 0.2) is 10.6 Å². The first-order valence-corrected chi connectivity index (χ1v) is 6.28. The van der Waals surface area contributed by atoms with Gasteiger partial charge in [-0.25, -0.2) is 0 Å². The molecule has 0 spiro atoms. The van der Waals surface area contributed by atoms with E-state index in [-0.39, 0.29) is 23.6 Å². The molecule has 5 nitrogen and oxygen atoms in total. The highest BCUT2D eigenvalue weighted by molar-refractivity contribution is 5.92. The minimum Gasteiger partial charge on any atom is -0.388 e. The van der Waals surface area contributed by atoms with Crippen molar-refractivity contribution >= 4 is 5.91 Å². The summed E-state index contributed by atoms with van der Waals surface area (Å²) in [6.45, 7) is 6.26. The SMILES string of the molecule is CC(C)(C)c1cc(C(=O)NCC2(O)CCC2)no1. The maximum Gasteiger partial charge on any atom is 0.273 e. The Hall–Kier alpha value is -1.36. The fourth-order valence-corrected chi connectivity index (χ4v) is 1.83. The van der Waals surface area contributed by atoms with Crippen molar-refractivity contribution in [2.24, 2.45) is 0 Å². The molecule has 0 radical (unpaired) electrons. The summed E-state index contributed by atoms with van der Waals surface area (Å²) < 4.78 is 5.15. The Morgan fingerprint density at radius 3 is 2.67 bits per heavy atom. The highest BCUT2D eigenvalue weighted by Crippen LogP contribution is 2.30. The molecule has 5 heteroatoms. The van der Waals surface area contributed by atoms with Crippen LogP contribution in [0.4, 0.5) is 0 Å². The fourth-order valence-electron chi connectivity index (χ4n) is 1.83. The Morgan fingerprint density at radius 1 is 1.56 bits per heavy atom. The molecule has 0 aromatic carbocycles. The molecule has 1 aromatic rings. The number of rotatable bonds is 3. The van der Waals surface area contributed by atoms with E-state index in [1.165, 1.54) is 0 Å². The molecule has 1 aliphatic carbocycles. The standard InChI is InChI=1S/C13H20N2O3/c1-12(2,3)10-7-9(15-18-10)11(16)14-8-13(17)5-4-6-13/h7,17H,4-6,8H2,1-3H3,(H,14,16). The van der Waals surface area contributed by atoms with E-state index in [0.717, 1.165) is 19.3 Å². The van der Waals surface area contributed by atoms with Crippen molar-refractivity contribution in [3.05, 3.63) is 17.5 Å². The maximum atomic E-state index is 11.8. The van der Waals surface area contributed by atoms with Gasteiger partial charge in [-0.15, -0.1) is 0 Å². The minimum atomic E-state index is -0.716. The van der Waals surface area contributed by atoms with Gasteiger partial charge >= 0.3 is 0 Å². The molecule has 18 heavy (non-hydrogen) atoms. The molecule has 1 amide bonds. The normalized spacial score (nSPS) is 18.2. The van der Waals surface area contributed by atoms with E-state index in [1.807, 2.05) is 20.8 Å². The third-order valence-corrected chi connectivity index (χ3v) is 3.34. The second kappa shape index (κ2) is 4.39. The van der Waals surface area contributed by atoms with Crippen LogP contribution in [0.25, 0.3) is 0 Å². The molecule has 0 atom stereocenters. The van der Waals surface area contributed by atoms with Crippen molar-refractivity contribution in [2.75, 3.05) is 6.54 Å². The predicted octanol–water partition coefficient (Wildman–Crippen LogP) is 1.62. The second-order valence-electron chi connectivity index (χ2n) is 6.09. The summed E-state index contributed by atoms with van der Waals surface area (Å²) >= 11 is 0. The van der Waals surface area contributed by atoms with Crippen LogP contribution in [0.3, 0.4) is 0 Å². The van der Waals surface area contributed by atoms with Gasteiger partial charge in [-0.2, -0.15) is 0 Å². The Balaban J connectivity index is 1.95. The van der Waals surface area contributed by atoms with Crippen molar-refractivity contribution in [3.8, 4) is 0 Å². The third kappa shape index (κ3) is 2.72. The lowest BCUT2D eigenvalue weighted by atomic mass is 9.80. The van der Waals surface area contributed by atoms with Crippen LogP contribution >= 0.6 is 0 Å². The van der Waals surface area contributed by atoms with Gasteiger partial charge in [-0.05, 0) is 19.3 Å². The molecule has 2 N–H and O–H groups in total. The average Bonchev–Trinajstić information content (AvgIpc) is 2.72. The van der Waals surface area contributed by atoms with E-state index in [0.29, 0.717) is 5.76 Å². The van der Waals surface area contributed by atoms with Gasteiger partial charge in [-0.1, -0.05) is 25.9 Å². The second-order valence-corrected chi connectivity index (χ2v) is 6.09. The molecular weight excluding hydrogens is 232 g/mol. The minimum absolute atomic E-state index is 0.169. The van der Waals surface area contributed by atoms with Gasteiger partial charge in [0.1, 0.15) is 5.76 Å². The molecule has 0 saturated heterocycles. The van der Waals surface area contributed by atoms with Gasteiger partial charge in [0.15, 0.2) is 5.69 Å². The number of hydrogen-bond donors (Lipinski definition) is 2. The monoisotopic (exact) mass is 252 g/mol. The number of hydrogen-bond acceptors (Lipinski definition) is 4. The van der Waals surface area contributed by atoms with E-state index in [4.69, 9.17) is 4.52 Å². The molecule has 1 saturated carbocycles. The molecule has 1 fully saturated rings. The lowest BCUT2D eigenvalue weighted by molar-refractivity contribution is -0.0301. The molecule has 0 bridgehead atoms. The highest BCUT2D eigenvalue weighted by Gasteiger charge is 2.34. The number of amides is 1. The zero-order valence-corrected chi connectivity index (χ0v) is 11.1. The summed E-state index contributed by atoms with van der Waals surface area (Å²) in [7, 11) is 0. The quantitative estimate of drug-likeness (QED) is 0.857. The van der Waals surface area contributed by atoms with Crippen molar-refractivity contribution in [3.63, 3.8) is 0 Å². The van der Waals surface area contributed by atoms with Crippen molar-refractivity contribution in [1.82, 2.24) is 10.5 Å². The summed E-state index contributed by atoms with van der Waals surface area (Å²) in [4.78, 5) is 11.8. The van der Waals surface area contributed by atoms with Gasteiger partial charge in [0, 0.05) is 18.0 Å². The van der Waals surface area contributed by atoms with Gasteiger partial charge in [0.2, 0.25) is 0 Å². The maximum absolute atomic E-state index is 11.8. The summed E-state index contributed by atoms with van der Waals surface area (Å²) in [6, 6.07) is 1.65. The number of carbonyl (C=O) groups excluding carboxylic acids is 1. The molecule has 0 unspecified atom stereocenters. The largest absolute Gasteiger partial charge is 0.388 e. The van der Waals surface area contributed by atoms with Crippen LogP contribution in [0, 0.1) is 0 Å². The van der Waals surface area contributed by atoms with Crippen LogP contribution < -0.4 is 5.32 Å². The van der Waals surface area contributed by atoms with Crippen LogP contribution in [-0.2, 0) is 5.41 Å². The van der Waals surface area contributed by atoms with E-state index >= 15 is 0 Å². The zero-order valence-electron chi connectivity index (χ0n) is 11.1. The van der Waals surface area contributed by atoms with Gasteiger partial charge in [-0.3, -0.25) is 4.79 Å². The predicted molar refractivity (Wildman–Crippen MR) is 66.3 cm³/mol. The van der Waals surface area contributed by atoms with Crippen molar-refractivity contribution < 1.29 is 14.4 Å². The van der Waals surface area contributed by atoms with Crippen LogP contribution in [-0.4, -0.2) is 28.3 Å². The number of nitrogens with zero attached hydrogens (tertiary/aromatic N) is 1. The van der Waals surface area contributed by atoms with E-state index in [9.17, 15) is 9.90 Å². The molecule has 1 heterocycles. The first-order chi connectivity index (χ1) is 8.30. The zero-order chi connectivity index (χ0) is 13.4. The fraction of sp³-hybridized carbons (Fsp3) is 0.692. The summed E-state index contributed by atoms with van der Waals surface area (Å²) in [6.07, 6.45) is 2.52. The smallest absolute Gasteiger partial charge is 0.273 e. The van der Waals surface area contributed by atoms with E-state index in [2.05, 4.69) is 10.5 Å². The first-order valence-electron chi connectivity index (χ1n) is 6.28. The first kappa shape index (κ1) is 13.1. The number of aromatic nitrogens is 1. The van der Waals surface area contributed by atoms with Crippen LogP contribution in [0.2, 0.25) is 0 Å². The van der Waals surface area contributed by atoms with Crippen molar-refractivity contribution in [2.45, 2.75) is 51.0 Å². The molecule has 0 aliphatic heterocycles. The third-order valence-electron chi connectivity index (χ3n) is 3.34. The Kier molecular flexibility index (Phi) is 3.19. The highest BCUT2D eigenvalue weighted by atomic mass is 16.5. The average molecular weight is 252 g/mol. The topological polar surface area (TPSA) is 75.4 Å². The molecule has 2 rings (SSSR count). The van der Waals surface area contributed by atoms with Crippen molar-refractivity contribution in [1.29, 1.82) is 0 Å². The summed E-state index contributed by atoms with van der Waals surface area (Å²) in [5, 5.41) is 16.3. The Labute approximate surface area is 107 Å². The van der Waals surface area contributed by atoms with Crippen LogP contribution in [0.5, 0.6) is 0 Å². The number of carbonyl (C=O) groups is 1. The Morgan fingerprint density at radius 2 is 2.22 bits per heavy atom. The van der Waals surface area contributed by atoms with E-state index < -0.39 is 5.60 Å². The Bertz CT molecular complexity index is 441. The summed E-state index contributed by atoms with van der Waals surface area (Å²) in [5.74, 6) is 0.379. The van der Waals surface area contributed by atoms with Gasteiger partial charge in [0.25, 0.3) is 5.91 Å². The lowest BCUT2D eigenvalue weighted by Gasteiger charge is -2.36. The number of aliphatic hydroxyl groups is 1.